The van der Waals surface area contributed by atoms with Gasteiger partial charge in [-0.1, -0.05) is 0 Å². The number of benzene rings is 1. The molecule has 0 aliphatic carbocycles. The first-order valence-corrected chi connectivity index (χ1v) is 7.43. The molecule has 0 aromatic heterocycles. The van der Waals surface area contributed by atoms with E-state index in [0.717, 1.165) is 18.2 Å². The third-order valence-electron chi connectivity index (χ3n) is 3.07. The lowest BCUT2D eigenvalue weighted by Crippen LogP contribution is -2.35. The normalized spacial score (nSPS) is 13.9. The van der Waals surface area contributed by atoms with E-state index in [-0.39, 0.29) is 24.1 Å². The summed E-state index contributed by atoms with van der Waals surface area (Å²) in [5.41, 5.74) is 4.34. The van der Waals surface area contributed by atoms with Crippen LogP contribution in [0.25, 0.3) is 0 Å². The van der Waals surface area contributed by atoms with E-state index in [1.165, 1.54) is 0 Å². The van der Waals surface area contributed by atoms with E-state index in [2.05, 4.69) is 5.32 Å². The van der Waals surface area contributed by atoms with Crippen LogP contribution in [0, 0.1) is 5.82 Å². The molecule has 134 valence electrons. The first-order valence-electron chi connectivity index (χ1n) is 7.43. The van der Waals surface area contributed by atoms with Crippen LogP contribution in [-0.4, -0.2) is 40.5 Å². The van der Waals surface area contributed by atoms with Gasteiger partial charge < -0.3 is 26.0 Å². The molecule has 1 aromatic rings. The van der Waals surface area contributed by atoms with Crippen LogP contribution in [0.1, 0.15) is 49.2 Å². The SMILES string of the molecule is CC(C)(C)OC(=O)NCCC(O)C(O)c1cc(F)ccc1C(N)=O. The molecule has 0 heterocycles. The Morgan fingerprint density at radius 2 is 1.96 bits per heavy atom. The van der Waals surface area contributed by atoms with Gasteiger partial charge in [-0.25, -0.2) is 9.18 Å². The van der Waals surface area contributed by atoms with Gasteiger partial charge in [-0.15, -0.1) is 0 Å². The van der Waals surface area contributed by atoms with E-state index in [4.69, 9.17) is 10.5 Å². The number of aliphatic hydroxyl groups is 2. The van der Waals surface area contributed by atoms with Gasteiger partial charge in [0.15, 0.2) is 0 Å². The summed E-state index contributed by atoms with van der Waals surface area (Å²) >= 11 is 0. The molecule has 0 aliphatic heterocycles. The average Bonchev–Trinajstić information content (AvgIpc) is 2.43. The van der Waals surface area contributed by atoms with Crippen LogP contribution < -0.4 is 11.1 Å². The zero-order valence-corrected chi connectivity index (χ0v) is 13.9. The Bertz CT molecular complexity index is 601. The van der Waals surface area contributed by atoms with E-state index in [1.54, 1.807) is 20.8 Å². The summed E-state index contributed by atoms with van der Waals surface area (Å²) in [5.74, 6) is -1.52. The lowest BCUT2D eigenvalue weighted by molar-refractivity contribution is 0.0118. The van der Waals surface area contributed by atoms with Crippen molar-refractivity contribution in [1.82, 2.24) is 5.32 Å². The molecule has 0 spiro atoms. The lowest BCUT2D eigenvalue weighted by atomic mass is 9.96. The topological polar surface area (TPSA) is 122 Å². The second-order valence-electron chi connectivity index (χ2n) is 6.33. The molecular weight excluding hydrogens is 319 g/mol. The molecule has 2 atom stereocenters. The van der Waals surface area contributed by atoms with Gasteiger partial charge in [0.05, 0.1) is 6.10 Å². The number of amides is 2. The molecule has 2 unspecified atom stereocenters. The van der Waals surface area contributed by atoms with E-state index < -0.39 is 35.6 Å². The highest BCUT2D eigenvalue weighted by Gasteiger charge is 2.24. The van der Waals surface area contributed by atoms with Crippen molar-refractivity contribution in [3.05, 3.63) is 35.1 Å². The maximum absolute atomic E-state index is 13.3. The number of nitrogens with one attached hydrogen (secondary N) is 1. The Hall–Kier alpha value is -2.19. The molecule has 0 bridgehead atoms. The van der Waals surface area contributed by atoms with Crippen molar-refractivity contribution in [2.75, 3.05) is 6.54 Å². The molecular formula is C16H23FN2O5. The van der Waals surface area contributed by atoms with Crippen LogP contribution >= 0.6 is 0 Å². The van der Waals surface area contributed by atoms with Crippen molar-refractivity contribution in [2.24, 2.45) is 5.73 Å². The monoisotopic (exact) mass is 342 g/mol. The van der Waals surface area contributed by atoms with E-state index in [1.807, 2.05) is 0 Å². The van der Waals surface area contributed by atoms with Gasteiger partial charge in [0, 0.05) is 12.1 Å². The number of alkyl carbamates (subject to hydrolysis) is 1. The Morgan fingerprint density at radius 1 is 1.33 bits per heavy atom. The number of carbonyl (C=O) groups excluding carboxylic acids is 2. The number of primary amides is 1. The first kappa shape index (κ1) is 19.9. The molecule has 7 nitrogen and oxygen atoms in total. The fourth-order valence-electron chi connectivity index (χ4n) is 2.00. The summed E-state index contributed by atoms with van der Waals surface area (Å²) in [6.45, 7) is 5.15. The number of hydrogen-bond donors (Lipinski definition) is 4. The summed E-state index contributed by atoms with van der Waals surface area (Å²) in [6.07, 6.45) is -3.55. The summed E-state index contributed by atoms with van der Waals surface area (Å²) in [7, 11) is 0. The molecule has 0 radical (unpaired) electrons. The molecule has 0 saturated carbocycles. The quantitative estimate of drug-likeness (QED) is 0.619. The van der Waals surface area contributed by atoms with Gasteiger partial charge >= 0.3 is 6.09 Å². The van der Waals surface area contributed by atoms with Crippen LogP contribution in [0.5, 0.6) is 0 Å². The van der Waals surface area contributed by atoms with Crippen molar-refractivity contribution in [3.63, 3.8) is 0 Å². The molecule has 24 heavy (non-hydrogen) atoms. The lowest BCUT2D eigenvalue weighted by Gasteiger charge is -2.22. The maximum atomic E-state index is 13.3. The van der Waals surface area contributed by atoms with Gasteiger partial charge in [0.1, 0.15) is 17.5 Å². The molecule has 2 amide bonds. The van der Waals surface area contributed by atoms with Crippen LogP contribution in [0.15, 0.2) is 18.2 Å². The number of halogens is 1. The van der Waals surface area contributed by atoms with E-state index in [0.29, 0.717) is 0 Å². The standard InChI is InChI=1S/C16H23FN2O5/c1-16(2,3)24-15(23)19-7-6-12(20)13(21)11-8-9(17)4-5-10(11)14(18)22/h4-5,8,12-13,20-21H,6-7H2,1-3H3,(H2,18,22)(H,19,23). The Balaban J connectivity index is 2.66. The number of carbonyl (C=O) groups is 2. The second-order valence-corrected chi connectivity index (χ2v) is 6.33. The van der Waals surface area contributed by atoms with Gasteiger partial charge in [0.25, 0.3) is 0 Å². The molecule has 0 fully saturated rings. The minimum atomic E-state index is -1.52. The first-order chi connectivity index (χ1) is 11.0. The summed E-state index contributed by atoms with van der Waals surface area (Å²) in [5, 5.41) is 22.6. The van der Waals surface area contributed by atoms with Crippen LogP contribution in [-0.2, 0) is 4.74 Å². The number of ether oxygens (including phenoxy) is 1. The van der Waals surface area contributed by atoms with Gasteiger partial charge in [-0.3, -0.25) is 4.79 Å². The third-order valence-corrected chi connectivity index (χ3v) is 3.07. The van der Waals surface area contributed by atoms with Crippen LogP contribution in [0.2, 0.25) is 0 Å². The largest absolute Gasteiger partial charge is 0.444 e. The van der Waals surface area contributed by atoms with Crippen molar-refractivity contribution in [1.29, 1.82) is 0 Å². The predicted octanol–water partition coefficient (Wildman–Crippen LogP) is 1.23. The number of rotatable bonds is 6. The Kier molecular flexibility index (Phi) is 6.68. The number of hydrogen-bond acceptors (Lipinski definition) is 5. The highest BCUT2D eigenvalue weighted by atomic mass is 19.1. The number of aliphatic hydroxyl groups excluding tert-OH is 2. The van der Waals surface area contributed by atoms with Crippen LogP contribution in [0.3, 0.4) is 0 Å². The van der Waals surface area contributed by atoms with Crippen molar-refractivity contribution >= 4 is 12.0 Å². The summed E-state index contributed by atoms with van der Waals surface area (Å²) < 4.78 is 18.4. The zero-order valence-electron chi connectivity index (χ0n) is 13.9. The molecule has 0 aliphatic rings. The highest BCUT2D eigenvalue weighted by molar-refractivity contribution is 5.94. The molecule has 1 aromatic carbocycles. The van der Waals surface area contributed by atoms with E-state index >= 15 is 0 Å². The molecule has 0 saturated heterocycles. The maximum Gasteiger partial charge on any atom is 0.407 e. The molecule has 1 rings (SSSR count). The molecule has 8 heteroatoms. The molecule has 5 N–H and O–H groups in total. The third kappa shape index (κ3) is 6.13. The number of nitrogens with two attached hydrogens (primary N) is 1. The average molecular weight is 342 g/mol. The Labute approximate surface area is 139 Å². The highest BCUT2D eigenvalue weighted by Crippen LogP contribution is 2.23. The predicted molar refractivity (Wildman–Crippen MR) is 84.7 cm³/mol. The van der Waals surface area contributed by atoms with Crippen molar-refractivity contribution in [2.45, 2.75) is 45.0 Å². The smallest absolute Gasteiger partial charge is 0.407 e. The van der Waals surface area contributed by atoms with Gasteiger partial charge in [-0.05, 0) is 51.0 Å². The fourth-order valence-corrected chi connectivity index (χ4v) is 2.00. The van der Waals surface area contributed by atoms with E-state index in [9.17, 15) is 24.2 Å². The van der Waals surface area contributed by atoms with Gasteiger partial charge in [-0.2, -0.15) is 0 Å². The minimum Gasteiger partial charge on any atom is -0.444 e. The minimum absolute atomic E-state index is 0.0222. The van der Waals surface area contributed by atoms with Crippen molar-refractivity contribution < 1.29 is 28.9 Å². The van der Waals surface area contributed by atoms with Crippen molar-refractivity contribution in [3.8, 4) is 0 Å². The summed E-state index contributed by atoms with van der Waals surface area (Å²) in [4.78, 5) is 22.8. The fraction of sp³-hybridized carbons (Fsp3) is 0.500. The summed E-state index contributed by atoms with van der Waals surface area (Å²) in [6, 6.07) is 3.11. The Morgan fingerprint density at radius 3 is 2.50 bits per heavy atom. The van der Waals surface area contributed by atoms with Crippen LogP contribution in [0.4, 0.5) is 9.18 Å². The zero-order chi connectivity index (χ0) is 18.5. The van der Waals surface area contributed by atoms with Gasteiger partial charge in [0.2, 0.25) is 5.91 Å². The second kappa shape index (κ2) is 8.07.